The van der Waals surface area contributed by atoms with Crippen molar-refractivity contribution in [3.63, 3.8) is 0 Å². The molecule has 126 valence electrons. The largest absolute Gasteiger partial charge is 0.295 e. The van der Waals surface area contributed by atoms with Crippen molar-refractivity contribution in [2.24, 2.45) is 0 Å². The first kappa shape index (κ1) is 16.1. The molecule has 0 amide bonds. The maximum atomic E-state index is 2.65. The van der Waals surface area contributed by atoms with E-state index in [-0.39, 0.29) is 0 Å². The van der Waals surface area contributed by atoms with Gasteiger partial charge < -0.3 is 0 Å². The summed E-state index contributed by atoms with van der Waals surface area (Å²) in [6.07, 6.45) is 1.11. The Bertz CT molecular complexity index is 810. The first-order chi connectivity index (χ1) is 12.3. The van der Waals surface area contributed by atoms with Gasteiger partial charge >= 0.3 is 0 Å². The summed E-state index contributed by atoms with van der Waals surface area (Å²) in [6.45, 7) is 4.54. The third-order valence-corrected chi connectivity index (χ3v) is 5.51. The van der Waals surface area contributed by atoms with Crippen molar-refractivity contribution in [1.29, 1.82) is 0 Å². The second-order valence-corrected chi connectivity index (χ2v) is 7.03. The first-order valence-electron chi connectivity index (χ1n) is 9.23. The van der Waals surface area contributed by atoms with E-state index in [0.717, 1.165) is 19.5 Å². The van der Waals surface area contributed by atoms with Gasteiger partial charge in [-0.2, -0.15) is 0 Å². The van der Waals surface area contributed by atoms with Crippen molar-refractivity contribution in [3.05, 3.63) is 107 Å². The summed E-state index contributed by atoms with van der Waals surface area (Å²) in [4.78, 5) is 2.65. The van der Waals surface area contributed by atoms with E-state index < -0.39 is 0 Å². The van der Waals surface area contributed by atoms with E-state index in [1.165, 1.54) is 22.3 Å². The van der Waals surface area contributed by atoms with Crippen LogP contribution in [0.5, 0.6) is 0 Å². The Morgan fingerprint density at radius 3 is 2.20 bits per heavy atom. The minimum absolute atomic E-state index is 0.446. The van der Waals surface area contributed by atoms with Crippen molar-refractivity contribution in [2.75, 3.05) is 6.54 Å². The van der Waals surface area contributed by atoms with Crippen LogP contribution in [0.25, 0.3) is 0 Å². The van der Waals surface area contributed by atoms with E-state index in [1.807, 2.05) is 0 Å². The van der Waals surface area contributed by atoms with Crippen LogP contribution in [0.2, 0.25) is 0 Å². The highest BCUT2D eigenvalue weighted by Gasteiger charge is 2.32. The molecule has 3 aromatic carbocycles. The van der Waals surface area contributed by atoms with Gasteiger partial charge in [-0.1, -0.05) is 84.9 Å². The zero-order chi connectivity index (χ0) is 17.1. The summed E-state index contributed by atoms with van der Waals surface area (Å²) >= 11 is 0. The number of rotatable bonds is 4. The monoisotopic (exact) mass is 327 g/mol. The average Bonchev–Trinajstić information content (AvgIpc) is 2.68. The second kappa shape index (κ2) is 7.25. The van der Waals surface area contributed by atoms with Gasteiger partial charge in [-0.3, -0.25) is 4.90 Å². The Hall–Kier alpha value is -2.38. The highest BCUT2D eigenvalue weighted by molar-refractivity contribution is 5.41. The predicted octanol–water partition coefficient (Wildman–Crippen LogP) is 5.27. The van der Waals surface area contributed by atoms with Crippen molar-refractivity contribution < 1.29 is 0 Å². The van der Waals surface area contributed by atoms with Crippen molar-refractivity contribution in [1.82, 2.24) is 4.90 Å². The minimum atomic E-state index is 0.446. The third kappa shape index (κ3) is 3.38. The Morgan fingerprint density at radius 1 is 0.800 bits per heavy atom. The Balaban J connectivity index is 1.62. The van der Waals surface area contributed by atoms with Crippen LogP contribution in [0.4, 0.5) is 0 Å². The highest BCUT2D eigenvalue weighted by atomic mass is 15.2. The number of benzene rings is 3. The lowest BCUT2D eigenvalue weighted by Crippen LogP contribution is -2.42. The molecule has 0 spiro atoms. The summed E-state index contributed by atoms with van der Waals surface area (Å²) in [7, 11) is 0. The standard InChI is InChI=1S/C24H25N/c1-19-24(21-12-6-3-7-13-21)23-15-9-8-14-22(23)18-25(19)17-16-20-10-4-2-5-11-20/h2-15,19,24H,16-18H2,1H3/t19-,24?/m0/s1. The van der Waals surface area contributed by atoms with Gasteiger partial charge in [0.2, 0.25) is 0 Å². The quantitative estimate of drug-likeness (QED) is 0.631. The molecule has 0 bridgehead atoms. The molecule has 0 saturated carbocycles. The van der Waals surface area contributed by atoms with E-state index in [2.05, 4.69) is 96.8 Å². The van der Waals surface area contributed by atoms with Crippen LogP contribution in [-0.2, 0) is 13.0 Å². The molecule has 0 aliphatic carbocycles. The molecule has 2 atom stereocenters. The zero-order valence-corrected chi connectivity index (χ0v) is 14.8. The van der Waals surface area contributed by atoms with E-state index >= 15 is 0 Å². The fraction of sp³-hybridized carbons (Fsp3) is 0.250. The molecule has 1 aliphatic heterocycles. The predicted molar refractivity (Wildman–Crippen MR) is 105 cm³/mol. The highest BCUT2D eigenvalue weighted by Crippen LogP contribution is 2.37. The Morgan fingerprint density at radius 2 is 1.44 bits per heavy atom. The van der Waals surface area contributed by atoms with Crippen molar-refractivity contribution in [3.8, 4) is 0 Å². The molecule has 0 aromatic heterocycles. The molecule has 1 unspecified atom stereocenters. The minimum Gasteiger partial charge on any atom is -0.295 e. The molecule has 25 heavy (non-hydrogen) atoms. The lowest BCUT2D eigenvalue weighted by molar-refractivity contribution is 0.171. The van der Waals surface area contributed by atoms with Crippen LogP contribution in [0, 0.1) is 0 Å². The third-order valence-electron chi connectivity index (χ3n) is 5.51. The van der Waals surface area contributed by atoms with Gasteiger partial charge in [0.05, 0.1) is 0 Å². The van der Waals surface area contributed by atoms with Gasteiger partial charge in [-0.15, -0.1) is 0 Å². The summed E-state index contributed by atoms with van der Waals surface area (Å²) < 4.78 is 0. The van der Waals surface area contributed by atoms with Gasteiger partial charge in [0.1, 0.15) is 0 Å². The lowest BCUT2D eigenvalue weighted by Gasteiger charge is -2.41. The molecule has 0 N–H and O–H groups in total. The molecule has 4 rings (SSSR count). The average molecular weight is 327 g/mol. The topological polar surface area (TPSA) is 3.24 Å². The van der Waals surface area contributed by atoms with E-state index in [0.29, 0.717) is 12.0 Å². The molecule has 0 radical (unpaired) electrons. The van der Waals surface area contributed by atoms with Crippen LogP contribution < -0.4 is 0 Å². The fourth-order valence-electron chi connectivity index (χ4n) is 4.13. The number of hydrogen-bond acceptors (Lipinski definition) is 1. The molecule has 1 heteroatoms. The first-order valence-corrected chi connectivity index (χ1v) is 9.23. The zero-order valence-electron chi connectivity index (χ0n) is 14.8. The van der Waals surface area contributed by atoms with Gasteiger partial charge in [-0.25, -0.2) is 0 Å². The van der Waals surface area contributed by atoms with Crippen LogP contribution >= 0.6 is 0 Å². The van der Waals surface area contributed by atoms with Crippen molar-refractivity contribution >= 4 is 0 Å². The molecular formula is C24H25N. The van der Waals surface area contributed by atoms with Gasteiger partial charge in [-0.05, 0) is 35.6 Å². The smallest absolute Gasteiger partial charge is 0.0246 e. The maximum absolute atomic E-state index is 2.65. The maximum Gasteiger partial charge on any atom is 0.0246 e. The molecule has 1 aliphatic rings. The van der Waals surface area contributed by atoms with Gasteiger partial charge in [0, 0.05) is 25.0 Å². The molecular weight excluding hydrogens is 302 g/mol. The molecule has 3 aromatic rings. The summed E-state index contributed by atoms with van der Waals surface area (Å²) in [5.74, 6) is 0.446. The molecule has 1 heterocycles. The van der Waals surface area contributed by atoms with E-state index in [4.69, 9.17) is 0 Å². The molecule has 0 saturated heterocycles. The van der Waals surface area contributed by atoms with Gasteiger partial charge in [0.15, 0.2) is 0 Å². The number of nitrogens with zero attached hydrogens (tertiary/aromatic N) is 1. The lowest BCUT2D eigenvalue weighted by atomic mass is 9.79. The second-order valence-electron chi connectivity index (χ2n) is 7.03. The summed E-state index contributed by atoms with van der Waals surface area (Å²) in [5.41, 5.74) is 5.82. The number of fused-ring (bicyclic) bond motifs is 1. The van der Waals surface area contributed by atoms with Crippen LogP contribution in [0.15, 0.2) is 84.9 Å². The Kier molecular flexibility index (Phi) is 4.67. The normalized spacial score (nSPS) is 20.2. The van der Waals surface area contributed by atoms with E-state index in [1.54, 1.807) is 0 Å². The van der Waals surface area contributed by atoms with Crippen LogP contribution in [0.1, 0.15) is 35.1 Å². The van der Waals surface area contributed by atoms with Crippen LogP contribution in [-0.4, -0.2) is 17.5 Å². The van der Waals surface area contributed by atoms with Crippen molar-refractivity contribution in [2.45, 2.75) is 31.8 Å². The SMILES string of the molecule is C[C@H]1C(c2ccccc2)c2ccccc2CN1CCc1ccccc1. The van der Waals surface area contributed by atoms with E-state index in [9.17, 15) is 0 Å². The molecule has 0 fully saturated rings. The van der Waals surface area contributed by atoms with Gasteiger partial charge in [0.25, 0.3) is 0 Å². The summed E-state index contributed by atoms with van der Waals surface area (Å²) in [6, 6.07) is 31.3. The molecule has 1 nitrogen and oxygen atoms in total. The van der Waals surface area contributed by atoms with Crippen LogP contribution in [0.3, 0.4) is 0 Å². The summed E-state index contributed by atoms with van der Waals surface area (Å²) in [5, 5.41) is 0. The number of hydrogen-bond donors (Lipinski definition) is 0. The Labute approximate surface area is 150 Å². The fourth-order valence-corrected chi connectivity index (χ4v) is 4.13.